The number of halogens is 1. The summed E-state index contributed by atoms with van der Waals surface area (Å²) in [6.07, 6.45) is 6.49. The van der Waals surface area contributed by atoms with E-state index in [0.29, 0.717) is 0 Å². The van der Waals surface area contributed by atoms with Crippen LogP contribution in [0.5, 0.6) is 0 Å². The number of fused-ring (bicyclic) bond motifs is 1. The Kier molecular flexibility index (Phi) is 7.80. The zero-order valence-corrected chi connectivity index (χ0v) is 20.7. The number of nitrogens with one attached hydrogen (secondary N) is 1. The van der Waals surface area contributed by atoms with E-state index in [-0.39, 0.29) is 11.8 Å². The summed E-state index contributed by atoms with van der Waals surface area (Å²) >= 11 is 6.24. The number of carbonyl (C=O) groups is 1. The summed E-state index contributed by atoms with van der Waals surface area (Å²) in [5.74, 6) is 2.00. The van der Waals surface area contributed by atoms with E-state index in [1.165, 1.54) is 36.0 Å². The lowest BCUT2D eigenvalue weighted by molar-refractivity contribution is -0.126. The highest BCUT2D eigenvalue weighted by molar-refractivity contribution is 6.31. The van der Waals surface area contributed by atoms with Crippen molar-refractivity contribution in [2.75, 3.05) is 39.3 Å². The minimum atomic E-state index is 0.156. The standard InChI is InChI=1S/C26H39ClN4O/c1-19-13-20(2)16-31(15-19)10-4-9-28-26(32)21-7-11-30(12-8-21)18-22-17-29(3)25-6-5-23(27)14-24(22)25/h5-6,14,17,19-21H,4,7-13,15-16,18H2,1-3H3,(H,28,32). The molecule has 32 heavy (non-hydrogen) atoms. The molecule has 4 rings (SSSR count). The van der Waals surface area contributed by atoms with Crippen LogP contribution >= 0.6 is 11.6 Å². The van der Waals surface area contributed by atoms with Crippen LogP contribution in [-0.2, 0) is 18.4 Å². The molecule has 0 saturated carbocycles. The summed E-state index contributed by atoms with van der Waals surface area (Å²) in [6.45, 7) is 11.9. The van der Waals surface area contributed by atoms with Crippen LogP contribution in [0.15, 0.2) is 24.4 Å². The summed E-state index contributed by atoms with van der Waals surface area (Å²) in [7, 11) is 2.09. The number of rotatable bonds is 7. The smallest absolute Gasteiger partial charge is 0.223 e. The lowest BCUT2D eigenvalue weighted by atomic mass is 9.92. The molecule has 0 aliphatic carbocycles. The molecule has 176 valence electrons. The van der Waals surface area contributed by atoms with Gasteiger partial charge in [-0.1, -0.05) is 25.4 Å². The van der Waals surface area contributed by atoms with Crippen LogP contribution < -0.4 is 5.32 Å². The first kappa shape index (κ1) is 23.6. The van der Waals surface area contributed by atoms with Gasteiger partial charge in [0.2, 0.25) is 5.91 Å². The average Bonchev–Trinajstić information content (AvgIpc) is 3.05. The molecule has 2 saturated heterocycles. The molecule has 6 heteroatoms. The molecule has 0 radical (unpaired) electrons. The minimum absolute atomic E-state index is 0.156. The number of aryl methyl sites for hydroxylation is 1. The topological polar surface area (TPSA) is 40.5 Å². The van der Waals surface area contributed by atoms with Crippen molar-refractivity contribution in [3.8, 4) is 0 Å². The van der Waals surface area contributed by atoms with Gasteiger partial charge in [-0.05, 0) is 80.9 Å². The lowest BCUT2D eigenvalue weighted by Gasteiger charge is -2.35. The fourth-order valence-electron chi connectivity index (χ4n) is 5.80. The van der Waals surface area contributed by atoms with Gasteiger partial charge in [-0.2, -0.15) is 0 Å². The Labute approximate surface area is 198 Å². The van der Waals surface area contributed by atoms with Gasteiger partial charge in [-0.25, -0.2) is 0 Å². The average molecular weight is 459 g/mol. The Morgan fingerprint density at radius 3 is 2.56 bits per heavy atom. The second kappa shape index (κ2) is 10.6. The second-order valence-electron chi connectivity index (χ2n) is 10.3. The molecule has 2 aliphatic heterocycles. The monoisotopic (exact) mass is 458 g/mol. The summed E-state index contributed by atoms with van der Waals surface area (Å²) in [5, 5.41) is 5.23. The molecule has 0 bridgehead atoms. The summed E-state index contributed by atoms with van der Waals surface area (Å²) in [5.41, 5.74) is 2.53. The third kappa shape index (κ3) is 5.86. The van der Waals surface area contributed by atoms with Crippen LogP contribution in [0.1, 0.15) is 45.1 Å². The van der Waals surface area contributed by atoms with Crippen molar-refractivity contribution in [3.63, 3.8) is 0 Å². The molecule has 2 unspecified atom stereocenters. The molecular weight excluding hydrogens is 420 g/mol. The molecule has 3 heterocycles. The van der Waals surface area contributed by atoms with Gasteiger partial charge in [0.1, 0.15) is 0 Å². The molecular formula is C26H39ClN4O. The van der Waals surface area contributed by atoms with Crippen LogP contribution in [0.4, 0.5) is 0 Å². The minimum Gasteiger partial charge on any atom is -0.356 e. The van der Waals surface area contributed by atoms with Crippen LogP contribution in [0, 0.1) is 17.8 Å². The highest BCUT2D eigenvalue weighted by Gasteiger charge is 2.26. The van der Waals surface area contributed by atoms with Crippen molar-refractivity contribution in [1.29, 1.82) is 0 Å². The number of likely N-dealkylation sites (tertiary alicyclic amines) is 2. The third-order valence-corrected chi connectivity index (χ3v) is 7.52. The predicted molar refractivity (Wildman–Crippen MR) is 133 cm³/mol. The normalized spacial score (nSPS) is 23.6. The number of hydrogen-bond donors (Lipinski definition) is 1. The van der Waals surface area contributed by atoms with Crippen LogP contribution in [0.3, 0.4) is 0 Å². The molecule has 5 nitrogen and oxygen atoms in total. The van der Waals surface area contributed by atoms with Gasteiger partial charge in [0, 0.05) is 61.3 Å². The number of piperidine rings is 2. The maximum Gasteiger partial charge on any atom is 0.223 e. The van der Waals surface area contributed by atoms with Gasteiger partial charge in [0.05, 0.1) is 0 Å². The molecule has 1 amide bonds. The molecule has 1 aromatic heterocycles. The van der Waals surface area contributed by atoms with Gasteiger partial charge in [-0.3, -0.25) is 9.69 Å². The van der Waals surface area contributed by atoms with Gasteiger partial charge >= 0.3 is 0 Å². The quantitative estimate of drug-likeness (QED) is 0.620. The van der Waals surface area contributed by atoms with E-state index in [4.69, 9.17) is 11.6 Å². The number of hydrogen-bond acceptors (Lipinski definition) is 3. The van der Waals surface area contributed by atoms with Gasteiger partial charge in [0.15, 0.2) is 0 Å². The van der Waals surface area contributed by atoms with E-state index in [1.807, 2.05) is 6.07 Å². The lowest BCUT2D eigenvalue weighted by Crippen LogP contribution is -2.42. The molecule has 2 aromatic rings. The Morgan fingerprint density at radius 2 is 1.84 bits per heavy atom. The number of carbonyl (C=O) groups excluding carboxylic acids is 1. The number of aromatic nitrogens is 1. The van der Waals surface area contributed by atoms with Crippen molar-refractivity contribution in [2.45, 2.75) is 46.1 Å². The summed E-state index contributed by atoms with van der Waals surface area (Å²) in [6, 6.07) is 6.10. The van der Waals surface area contributed by atoms with Crippen LogP contribution in [0.25, 0.3) is 10.9 Å². The number of amides is 1. The van der Waals surface area contributed by atoms with Crippen LogP contribution in [-0.4, -0.2) is 59.5 Å². The Hall–Kier alpha value is -1.56. The fourth-order valence-corrected chi connectivity index (χ4v) is 5.97. The van der Waals surface area contributed by atoms with E-state index in [9.17, 15) is 4.79 Å². The number of nitrogens with zero attached hydrogens (tertiary/aromatic N) is 3. The third-order valence-electron chi connectivity index (χ3n) is 7.28. The van der Waals surface area contributed by atoms with Gasteiger partial charge < -0.3 is 14.8 Å². The Balaban J connectivity index is 1.19. The first-order chi connectivity index (χ1) is 15.4. The first-order valence-corrected chi connectivity index (χ1v) is 12.7. The second-order valence-corrected chi connectivity index (χ2v) is 10.8. The molecule has 2 aliphatic rings. The van der Waals surface area contributed by atoms with E-state index in [0.717, 1.165) is 68.8 Å². The number of benzene rings is 1. The SMILES string of the molecule is CC1CC(C)CN(CCCNC(=O)C2CCN(Cc3cn(C)c4ccc(Cl)cc34)CC2)C1. The van der Waals surface area contributed by atoms with Gasteiger partial charge in [-0.15, -0.1) is 0 Å². The highest BCUT2D eigenvalue weighted by atomic mass is 35.5. The van der Waals surface area contributed by atoms with Gasteiger partial charge in [0.25, 0.3) is 0 Å². The molecule has 2 atom stereocenters. The maximum atomic E-state index is 12.7. The molecule has 0 spiro atoms. The van der Waals surface area contributed by atoms with E-state index < -0.39 is 0 Å². The zero-order chi connectivity index (χ0) is 22.7. The van der Waals surface area contributed by atoms with Crippen molar-refractivity contribution in [1.82, 2.24) is 19.7 Å². The summed E-state index contributed by atoms with van der Waals surface area (Å²) in [4.78, 5) is 17.7. The maximum absolute atomic E-state index is 12.7. The summed E-state index contributed by atoms with van der Waals surface area (Å²) < 4.78 is 2.17. The highest BCUT2D eigenvalue weighted by Crippen LogP contribution is 2.27. The van der Waals surface area contributed by atoms with E-state index in [2.05, 4.69) is 58.9 Å². The first-order valence-electron chi connectivity index (χ1n) is 12.3. The van der Waals surface area contributed by atoms with Crippen molar-refractivity contribution in [2.24, 2.45) is 24.8 Å². The zero-order valence-electron chi connectivity index (χ0n) is 19.9. The van der Waals surface area contributed by atoms with Crippen molar-refractivity contribution < 1.29 is 4.79 Å². The molecule has 1 aromatic carbocycles. The largest absolute Gasteiger partial charge is 0.356 e. The predicted octanol–water partition coefficient (Wildman–Crippen LogP) is 4.53. The van der Waals surface area contributed by atoms with Crippen LogP contribution in [0.2, 0.25) is 5.02 Å². The van der Waals surface area contributed by atoms with E-state index in [1.54, 1.807) is 0 Å². The Bertz CT molecular complexity index is 908. The van der Waals surface area contributed by atoms with Crippen molar-refractivity contribution >= 4 is 28.4 Å². The Morgan fingerprint density at radius 1 is 1.12 bits per heavy atom. The molecule has 2 fully saturated rings. The van der Waals surface area contributed by atoms with Crippen molar-refractivity contribution in [3.05, 3.63) is 35.0 Å². The van der Waals surface area contributed by atoms with E-state index >= 15 is 0 Å². The fraction of sp³-hybridized carbons (Fsp3) is 0.654. The molecule has 1 N–H and O–H groups in total.